The number of aromatic amines is 2. The quantitative estimate of drug-likeness (QED) is 0.0840. The number of hydrogen-bond donors (Lipinski definition) is 9. The normalized spacial score (nSPS) is 13.6. The number of nitrogens with zero attached hydrogens (tertiary/aromatic N) is 2. The van der Waals surface area contributed by atoms with Crippen molar-refractivity contribution >= 4 is 23.7 Å². The lowest BCUT2D eigenvalue weighted by Gasteiger charge is -2.25. The van der Waals surface area contributed by atoms with E-state index in [1.165, 1.54) is 55.2 Å². The molecule has 0 fully saturated rings. The maximum absolute atomic E-state index is 13.6. The van der Waals surface area contributed by atoms with E-state index in [9.17, 15) is 34.5 Å². The second-order valence-corrected chi connectivity index (χ2v) is 10.4. The van der Waals surface area contributed by atoms with Crippen LogP contribution in [-0.2, 0) is 44.9 Å². The summed E-state index contributed by atoms with van der Waals surface area (Å²) in [6, 6.07) is 7.21. The van der Waals surface area contributed by atoms with Crippen LogP contribution in [-0.4, -0.2) is 83.1 Å². The first-order valence-corrected chi connectivity index (χ1v) is 14.0. The van der Waals surface area contributed by atoms with Gasteiger partial charge in [-0.3, -0.25) is 14.4 Å². The molecule has 4 aromatic rings. The van der Waals surface area contributed by atoms with Gasteiger partial charge in [0.15, 0.2) is 0 Å². The Balaban J connectivity index is 1.50. The zero-order valence-electron chi connectivity index (χ0n) is 24.0. The SMILES string of the molecule is N[C@@H](Cc1ccc(O)cc1)C(=O)N[C@@H](Cc1c[nH]cn1)C(=O)N[C@@H](Cc1c[nH]cn1)C(=O)N[C@@H](Cc1ccc(O)cc1)C(=O)O. The van der Waals surface area contributed by atoms with Gasteiger partial charge < -0.3 is 47.0 Å². The van der Waals surface area contributed by atoms with Crippen LogP contribution in [0.15, 0.2) is 73.6 Å². The van der Waals surface area contributed by atoms with Crippen molar-refractivity contribution in [2.75, 3.05) is 0 Å². The van der Waals surface area contributed by atoms with E-state index in [0.717, 1.165) is 0 Å². The first kappa shape index (κ1) is 32.2. The molecule has 0 bridgehead atoms. The summed E-state index contributed by atoms with van der Waals surface area (Å²) in [7, 11) is 0. The van der Waals surface area contributed by atoms with Crippen molar-refractivity contribution in [1.29, 1.82) is 0 Å². The van der Waals surface area contributed by atoms with Crippen molar-refractivity contribution in [3.63, 3.8) is 0 Å². The van der Waals surface area contributed by atoms with Crippen LogP contribution >= 0.6 is 0 Å². The standard InChI is InChI=1S/C30H34N8O7/c31-23(9-17-1-5-21(39)6-2-17)27(41)36-24(11-19-13-32-15-34-19)28(42)37-25(12-20-14-33-16-35-20)29(43)38-26(30(44)45)10-18-3-7-22(40)8-4-18/h1-8,13-16,23-26,39-40H,9-12,31H2,(H,32,34)(H,33,35)(H,36,41)(H,37,42)(H,38,43)(H,44,45)/t23-,24-,25-,26-/m0/s1. The van der Waals surface area contributed by atoms with Crippen LogP contribution in [0.4, 0.5) is 0 Å². The molecular formula is C30H34N8O7. The summed E-state index contributed by atoms with van der Waals surface area (Å²) in [6.45, 7) is 0. The minimum atomic E-state index is -1.35. The van der Waals surface area contributed by atoms with Gasteiger partial charge in [0.05, 0.1) is 30.1 Å². The van der Waals surface area contributed by atoms with Crippen molar-refractivity contribution in [2.45, 2.75) is 49.9 Å². The number of phenolic OH excluding ortho intramolecular Hbond substituents is 2. The van der Waals surface area contributed by atoms with Crippen LogP contribution in [0.3, 0.4) is 0 Å². The average Bonchev–Trinajstić information content (AvgIpc) is 3.73. The molecule has 0 radical (unpaired) electrons. The van der Waals surface area contributed by atoms with E-state index in [-0.39, 0.29) is 37.2 Å². The summed E-state index contributed by atoms with van der Waals surface area (Å²) in [5.74, 6) is -3.37. The molecule has 0 aliphatic rings. The first-order chi connectivity index (χ1) is 21.6. The molecule has 0 saturated carbocycles. The number of rotatable bonds is 15. The summed E-state index contributed by atoms with van der Waals surface area (Å²) in [4.78, 5) is 66.0. The number of amides is 3. The molecule has 2 heterocycles. The topological polar surface area (TPSA) is 248 Å². The Morgan fingerprint density at radius 2 is 1.07 bits per heavy atom. The number of nitrogens with two attached hydrogens (primary N) is 1. The largest absolute Gasteiger partial charge is 0.508 e. The van der Waals surface area contributed by atoms with Gasteiger partial charge in [-0.2, -0.15) is 0 Å². The molecule has 0 saturated heterocycles. The van der Waals surface area contributed by atoms with E-state index in [1.807, 2.05) is 0 Å². The number of imidazole rings is 2. The van der Waals surface area contributed by atoms with Crippen molar-refractivity contribution in [2.24, 2.45) is 5.73 Å². The van der Waals surface area contributed by atoms with Gasteiger partial charge in [0.1, 0.15) is 29.6 Å². The van der Waals surface area contributed by atoms with Crippen LogP contribution < -0.4 is 21.7 Å². The van der Waals surface area contributed by atoms with Gasteiger partial charge in [-0.05, 0) is 41.8 Å². The predicted molar refractivity (Wildman–Crippen MR) is 160 cm³/mol. The van der Waals surface area contributed by atoms with E-state index >= 15 is 0 Å². The predicted octanol–water partition coefficient (Wildman–Crippen LogP) is -0.319. The Morgan fingerprint density at radius 1 is 0.644 bits per heavy atom. The lowest BCUT2D eigenvalue weighted by atomic mass is 10.0. The Bertz CT molecular complexity index is 1560. The number of aromatic nitrogens is 4. The lowest BCUT2D eigenvalue weighted by molar-refractivity contribution is -0.142. The number of nitrogens with one attached hydrogen (secondary N) is 5. The summed E-state index contributed by atoms with van der Waals surface area (Å²) in [6.07, 6.45) is 5.81. The number of phenols is 2. The molecule has 0 aliphatic carbocycles. The third-order valence-electron chi connectivity index (χ3n) is 6.92. The Kier molecular flexibility index (Phi) is 10.8. The smallest absolute Gasteiger partial charge is 0.326 e. The van der Waals surface area contributed by atoms with Crippen LogP contribution in [0.1, 0.15) is 22.5 Å². The summed E-state index contributed by atoms with van der Waals surface area (Å²) >= 11 is 0. The Hall–Kier alpha value is -5.70. The molecule has 0 unspecified atom stereocenters. The van der Waals surface area contributed by atoms with Gasteiger partial charge in [-0.1, -0.05) is 24.3 Å². The molecule has 10 N–H and O–H groups in total. The minimum Gasteiger partial charge on any atom is -0.508 e. The number of carbonyl (C=O) groups is 4. The molecule has 236 valence electrons. The number of carboxylic acid groups (broad SMARTS) is 1. The number of carbonyl (C=O) groups excluding carboxylic acids is 3. The highest BCUT2D eigenvalue weighted by Gasteiger charge is 2.31. The molecule has 2 aromatic carbocycles. The lowest BCUT2D eigenvalue weighted by Crippen LogP contribution is -2.58. The van der Waals surface area contributed by atoms with E-state index in [2.05, 4.69) is 35.9 Å². The van der Waals surface area contributed by atoms with E-state index in [4.69, 9.17) is 5.73 Å². The highest BCUT2D eigenvalue weighted by Crippen LogP contribution is 2.13. The fourth-order valence-corrected chi connectivity index (χ4v) is 4.51. The molecule has 2 aromatic heterocycles. The molecule has 0 spiro atoms. The van der Waals surface area contributed by atoms with Crippen molar-refractivity contribution < 1.29 is 34.5 Å². The van der Waals surface area contributed by atoms with E-state index < -0.39 is 47.9 Å². The third-order valence-corrected chi connectivity index (χ3v) is 6.92. The van der Waals surface area contributed by atoms with Crippen LogP contribution in [0.5, 0.6) is 11.5 Å². The Morgan fingerprint density at radius 3 is 1.49 bits per heavy atom. The van der Waals surface area contributed by atoms with Crippen molar-refractivity contribution in [3.05, 3.63) is 96.1 Å². The van der Waals surface area contributed by atoms with Crippen LogP contribution in [0, 0.1) is 0 Å². The Labute approximate surface area is 257 Å². The number of benzene rings is 2. The number of carboxylic acids is 1. The molecule has 15 nitrogen and oxygen atoms in total. The monoisotopic (exact) mass is 618 g/mol. The van der Waals surface area contributed by atoms with E-state index in [0.29, 0.717) is 22.5 Å². The molecular weight excluding hydrogens is 584 g/mol. The highest BCUT2D eigenvalue weighted by atomic mass is 16.4. The second-order valence-electron chi connectivity index (χ2n) is 10.4. The van der Waals surface area contributed by atoms with Gasteiger partial charge in [-0.15, -0.1) is 0 Å². The maximum atomic E-state index is 13.6. The van der Waals surface area contributed by atoms with Gasteiger partial charge in [0.25, 0.3) is 0 Å². The van der Waals surface area contributed by atoms with Crippen molar-refractivity contribution in [3.8, 4) is 11.5 Å². The molecule has 45 heavy (non-hydrogen) atoms. The van der Waals surface area contributed by atoms with Crippen LogP contribution in [0.25, 0.3) is 0 Å². The number of aliphatic carboxylic acids is 1. The summed E-state index contributed by atoms with van der Waals surface area (Å²) in [5, 5.41) is 36.6. The van der Waals surface area contributed by atoms with Gasteiger partial charge in [0, 0.05) is 31.7 Å². The molecule has 0 aliphatic heterocycles. The molecule has 4 rings (SSSR count). The van der Waals surface area contributed by atoms with Gasteiger partial charge in [0.2, 0.25) is 17.7 Å². The zero-order chi connectivity index (χ0) is 32.3. The highest BCUT2D eigenvalue weighted by molar-refractivity contribution is 5.94. The molecule has 3 amide bonds. The minimum absolute atomic E-state index is 0.00855. The summed E-state index contributed by atoms with van der Waals surface area (Å²) < 4.78 is 0. The third kappa shape index (κ3) is 9.65. The molecule has 4 atom stereocenters. The number of H-pyrrole nitrogens is 2. The maximum Gasteiger partial charge on any atom is 0.326 e. The van der Waals surface area contributed by atoms with Gasteiger partial charge in [-0.25, -0.2) is 14.8 Å². The van der Waals surface area contributed by atoms with Crippen LogP contribution in [0.2, 0.25) is 0 Å². The first-order valence-electron chi connectivity index (χ1n) is 14.0. The van der Waals surface area contributed by atoms with Crippen molar-refractivity contribution in [1.82, 2.24) is 35.9 Å². The molecule has 15 heteroatoms. The fourth-order valence-electron chi connectivity index (χ4n) is 4.51. The second kappa shape index (κ2) is 15.2. The zero-order valence-corrected chi connectivity index (χ0v) is 24.0. The average molecular weight is 619 g/mol. The number of hydrogen-bond acceptors (Lipinski definition) is 9. The number of aromatic hydroxyl groups is 2. The summed E-state index contributed by atoms with van der Waals surface area (Å²) in [5.41, 5.74) is 8.25. The van der Waals surface area contributed by atoms with Gasteiger partial charge >= 0.3 is 5.97 Å². The fraction of sp³-hybridized carbons (Fsp3) is 0.267. The van der Waals surface area contributed by atoms with E-state index in [1.54, 1.807) is 18.3 Å².